The third-order valence-electron chi connectivity index (χ3n) is 3.65. The van der Waals surface area contributed by atoms with Crippen molar-refractivity contribution in [2.24, 2.45) is 0 Å². The maximum Gasteiger partial charge on any atom is 0.228 e. The number of carbonyl (C=O) groups is 1. The third-order valence-corrected chi connectivity index (χ3v) is 3.65. The van der Waals surface area contributed by atoms with Crippen molar-refractivity contribution in [1.29, 1.82) is 0 Å². The minimum absolute atomic E-state index is 0.107. The lowest BCUT2D eigenvalue weighted by atomic mass is 10.0. The van der Waals surface area contributed by atoms with Crippen molar-refractivity contribution in [3.63, 3.8) is 0 Å². The molecule has 0 atom stereocenters. The highest BCUT2D eigenvalue weighted by Crippen LogP contribution is 2.28. The second-order valence-electron chi connectivity index (χ2n) is 5.11. The Hall–Kier alpha value is -2.55. The van der Waals surface area contributed by atoms with Gasteiger partial charge in [-0.15, -0.1) is 0 Å². The van der Waals surface area contributed by atoms with Crippen molar-refractivity contribution in [2.75, 3.05) is 7.11 Å². The number of hydrogen-bond donors (Lipinski definition) is 0. The number of ether oxygens (including phenoxy) is 1. The first-order chi connectivity index (χ1) is 10.1. The summed E-state index contributed by atoms with van der Waals surface area (Å²) < 4.78 is 10.9. The van der Waals surface area contributed by atoms with Gasteiger partial charge in [-0.05, 0) is 49.7 Å². The second kappa shape index (κ2) is 5.09. The lowest BCUT2D eigenvalue weighted by Gasteiger charge is -2.01. The Labute approximate surface area is 123 Å². The van der Waals surface area contributed by atoms with Gasteiger partial charge in [-0.1, -0.05) is 12.1 Å². The van der Waals surface area contributed by atoms with Gasteiger partial charge >= 0.3 is 0 Å². The molecule has 21 heavy (non-hydrogen) atoms. The number of benzene rings is 2. The molecule has 0 aliphatic rings. The van der Waals surface area contributed by atoms with Crippen molar-refractivity contribution < 1.29 is 13.9 Å². The molecule has 3 nitrogen and oxygen atoms in total. The Morgan fingerprint density at radius 3 is 2.43 bits per heavy atom. The fourth-order valence-electron chi connectivity index (χ4n) is 2.42. The van der Waals surface area contributed by atoms with Crippen LogP contribution in [0.15, 0.2) is 46.9 Å². The molecule has 0 N–H and O–H groups in total. The van der Waals surface area contributed by atoms with Gasteiger partial charge in [0.2, 0.25) is 5.78 Å². The highest BCUT2D eigenvalue weighted by Gasteiger charge is 2.19. The van der Waals surface area contributed by atoms with Gasteiger partial charge in [-0.3, -0.25) is 4.79 Å². The van der Waals surface area contributed by atoms with Crippen molar-refractivity contribution in [2.45, 2.75) is 13.8 Å². The number of aryl methyl sites for hydroxylation is 2. The van der Waals surface area contributed by atoms with Gasteiger partial charge in [-0.25, -0.2) is 0 Å². The van der Waals surface area contributed by atoms with E-state index in [9.17, 15) is 4.79 Å². The zero-order valence-electron chi connectivity index (χ0n) is 12.3. The van der Waals surface area contributed by atoms with Crippen molar-refractivity contribution in [3.05, 3.63) is 64.9 Å². The normalized spacial score (nSPS) is 10.8. The van der Waals surface area contributed by atoms with E-state index in [1.54, 1.807) is 31.4 Å². The molecule has 3 heteroatoms. The fourth-order valence-corrected chi connectivity index (χ4v) is 2.42. The summed E-state index contributed by atoms with van der Waals surface area (Å²) in [4.78, 5) is 12.6. The van der Waals surface area contributed by atoms with E-state index >= 15 is 0 Å². The number of ketones is 1. The van der Waals surface area contributed by atoms with E-state index in [1.807, 2.05) is 32.0 Å². The van der Waals surface area contributed by atoms with Crippen LogP contribution < -0.4 is 4.74 Å². The van der Waals surface area contributed by atoms with Gasteiger partial charge in [0, 0.05) is 16.5 Å². The molecule has 106 valence electrons. The quantitative estimate of drug-likeness (QED) is 0.672. The van der Waals surface area contributed by atoms with Gasteiger partial charge in [-0.2, -0.15) is 0 Å². The minimum atomic E-state index is -0.107. The van der Waals surface area contributed by atoms with Gasteiger partial charge in [0.1, 0.15) is 11.3 Å². The number of methoxy groups -OCH3 is 1. The zero-order valence-corrected chi connectivity index (χ0v) is 12.3. The molecule has 1 heterocycles. The molecule has 2 aromatic carbocycles. The van der Waals surface area contributed by atoms with Crippen LogP contribution in [-0.2, 0) is 0 Å². The van der Waals surface area contributed by atoms with Gasteiger partial charge in [0.25, 0.3) is 0 Å². The van der Waals surface area contributed by atoms with Crippen LogP contribution in [0, 0.1) is 13.8 Å². The summed E-state index contributed by atoms with van der Waals surface area (Å²) >= 11 is 0. The Morgan fingerprint density at radius 2 is 1.76 bits per heavy atom. The summed E-state index contributed by atoms with van der Waals surface area (Å²) in [6, 6.07) is 13.0. The van der Waals surface area contributed by atoms with Crippen LogP contribution in [0.3, 0.4) is 0 Å². The van der Waals surface area contributed by atoms with Crippen molar-refractivity contribution in [1.82, 2.24) is 0 Å². The van der Waals surface area contributed by atoms with E-state index < -0.39 is 0 Å². The standard InChI is InChI=1S/C18H16O3/c1-11-4-9-15-12(2)18(21-16(15)10-11)17(19)13-5-7-14(20-3)8-6-13/h4-10H,1-3H3. The molecule has 3 aromatic rings. The van der Waals surface area contributed by atoms with E-state index in [0.29, 0.717) is 11.3 Å². The highest BCUT2D eigenvalue weighted by atomic mass is 16.5. The molecular weight excluding hydrogens is 264 g/mol. The van der Waals surface area contributed by atoms with Gasteiger partial charge < -0.3 is 9.15 Å². The summed E-state index contributed by atoms with van der Waals surface area (Å²) in [5, 5.41) is 0.984. The van der Waals surface area contributed by atoms with E-state index in [1.165, 1.54) is 0 Å². The maximum atomic E-state index is 12.6. The minimum Gasteiger partial charge on any atom is -0.497 e. The number of fused-ring (bicyclic) bond motifs is 1. The molecule has 1 aromatic heterocycles. The van der Waals surface area contributed by atoms with E-state index in [4.69, 9.17) is 9.15 Å². The smallest absolute Gasteiger partial charge is 0.228 e. The van der Waals surface area contributed by atoms with E-state index in [2.05, 4.69) is 0 Å². The van der Waals surface area contributed by atoms with Crippen LogP contribution in [0.2, 0.25) is 0 Å². The molecule has 0 fully saturated rings. The number of furan rings is 1. The lowest BCUT2D eigenvalue weighted by Crippen LogP contribution is -2.01. The molecule has 0 unspecified atom stereocenters. The first-order valence-corrected chi connectivity index (χ1v) is 6.78. The predicted molar refractivity (Wildman–Crippen MR) is 82.1 cm³/mol. The largest absolute Gasteiger partial charge is 0.497 e. The summed E-state index contributed by atoms with van der Waals surface area (Å²) in [7, 11) is 1.60. The summed E-state index contributed by atoms with van der Waals surface area (Å²) in [6.45, 7) is 3.92. The molecule has 0 aliphatic carbocycles. The highest BCUT2D eigenvalue weighted by molar-refractivity contribution is 6.10. The Morgan fingerprint density at radius 1 is 1.05 bits per heavy atom. The first kappa shape index (κ1) is 13.4. The Balaban J connectivity index is 2.06. The average molecular weight is 280 g/mol. The molecule has 0 aliphatic heterocycles. The first-order valence-electron chi connectivity index (χ1n) is 6.78. The van der Waals surface area contributed by atoms with Crippen molar-refractivity contribution in [3.8, 4) is 5.75 Å². The van der Waals surface area contributed by atoms with Crippen LogP contribution in [0.5, 0.6) is 5.75 Å². The van der Waals surface area contributed by atoms with Crippen LogP contribution in [0.4, 0.5) is 0 Å². The van der Waals surface area contributed by atoms with Crippen molar-refractivity contribution >= 4 is 16.8 Å². The van der Waals surface area contributed by atoms with Crippen LogP contribution in [-0.4, -0.2) is 12.9 Å². The number of carbonyl (C=O) groups excluding carboxylic acids is 1. The predicted octanol–water partition coefficient (Wildman–Crippen LogP) is 4.29. The summed E-state index contributed by atoms with van der Waals surface area (Å²) in [5.41, 5.74) is 3.34. The Kier molecular flexibility index (Phi) is 3.26. The summed E-state index contributed by atoms with van der Waals surface area (Å²) in [5.74, 6) is 1.02. The second-order valence-corrected chi connectivity index (χ2v) is 5.11. The molecule has 0 spiro atoms. The van der Waals surface area contributed by atoms with E-state index in [-0.39, 0.29) is 5.78 Å². The zero-order chi connectivity index (χ0) is 15.0. The molecular formula is C18H16O3. The topological polar surface area (TPSA) is 39.4 Å². The fraction of sp³-hybridized carbons (Fsp3) is 0.167. The van der Waals surface area contributed by atoms with Gasteiger partial charge in [0.05, 0.1) is 7.11 Å². The molecule has 0 bridgehead atoms. The van der Waals surface area contributed by atoms with Crippen LogP contribution in [0.1, 0.15) is 27.2 Å². The molecule has 0 saturated heterocycles. The average Bonchev–Trinajstić information content (AvgIpc) is 2.83. The molecule has 0 amide bonds. The van der Waals surface area contributed by atoms with Crippen LogP contribution in [0.25, 0.3) is 11.0 Å². The van der Waals surface area contributed by atoms with Crippen LogP contribution >= 0.6 is 0 Å². The number of hydrogen-bond acceptors (Lipinski definition) is 3. The summed E-state index contributed by atoms with van der Waals surface area (Å²) in [6.07, 6.45) is 0. The monoisotopic (exact) mass is 280 g/mol. The lowest BCUT2D eigenvalue weighted by molar-refractivity contribution is 0.101. The molecule has 0 saturated carbocycles. The third kappa shape index (κ3) is 2.31. The Bertz CT molecular complexity index is 810. The SMILES string of the molecule is COc1ccc(C(=O)c2oc3cc(C)ccc3c2C)cc1. The van der Waals surface area contributed by atoms with Gasteiger partial charge in [0.15, 0.2) is 5.76 Å². The maximum absolute atomic E-state index is 12.6. The molecule has 3 rings (SSSR count). The number of rotatable bonds is 3. The van der Waals surface area contributed by atoms with E-state index in [0.717, 1.165) is 27.8 Å². The molecule has 0 radical (unpaired) electrons.